The molecule has 0 aliphatic carbocycles. The van der Waals surface area contributed by atoms with Gasteiger partial charge in [0, 0.05) is 9.37 Å². The fourth-order valence-corrected chi connectivity index (χ4v) is 3.75. The molecule has 0 saturated heterocycles. The molecule has 0 bridgehead atoms. The van der Waals surface area contributed by atoms with Gasteiger partial charge in [-0.3, -0.25) is 4.21 Å². The van der Waals surface area contributed by atoms with Crippen LogP contribution in [0.1, 0.15) is 11.1 Å². The molecule has 0 amide bonds. The Morgan fingerprint density at radius 1 is 1.13 bits per heavy atom. The molecule has 2 aromatic carbocycles. The predicted molar refractivity (Wildman–Crippen MR) is 86.5 cm³/mol. The Morgan fingerprint density at radius 3 is 2.26 bits per heavy atom. The van der Waals surface area contributed by atoms with E-state index in [-0.39, 0.29) is 10.5 Å². The van der Waals surface area contributed by atoms with Gasteiger partial charge in [0.05, 0.1) is 16.6 Å². The first-order chi connectivity index (χ1) is 10.6. The van der Waals surface area contributed by atoms with Gasteiger partial charge in [-0.25, -0.2) is 0 Å². The van der Waals surface area contributed by atoms with Crippen LogP contribution in [0.3, 0.4) is 0 Å². The van der Waals surface area contributed by atoms with Crippen molar-refractivity contribution in [2.45, 2.75) is 23.6 Å². The average molecular weight is 407 g/mol. The van der Waals surface area contributed by atoms with Crippen LogP contribution < -0.4 is 0 Å². The Hall–Kier alpha value is -1.18. The second-order valence-electron chi connectivity index (χ2n) is 5.17. The van der Waals surface area contributed by atoms with Crippen LogP contribution in [0.5, 0.6) is 0 Å². The largest absolute Gasteiger partial charge is 0.422 e. The molecule has 2 aromatic rings. The summed E-state index contributed by atoms with van der Waals surface area (Å²) in [6, 6.07) is 11.6. The third-order valence-corrected chi connectivity index (χ3v) is 5.37. The van der Waals surface area contributed by atoms with Crippen LogP contribution in [-0.2, 0) is 16.4 Å². The van der Waals surface area contributed by atoms with Crippen molar-refractivity contribution in [3.05, 3.63) is 64.1 Å². The highest BCUT2D eigenvalue weighted by Crippen LogP contribution is 2.41. The molecule has 7 heteroatoms. The maximum atomic E-state index is 13.5. The highest BCUT2D eigenvalue weighted by atomic mass is 79.9. The molecule has 0 radical (unpaired) electrons. The Balaban J connectivity index is 2.40. The molecule has 0 aliphatic heterocycles. The maximum absolute atomic E-state index is 13.5. The molecule has 2 rings (SSSR count). The zero-order valence-electron chi connectivity index (χ0n) is 12.1. The van der Waals surface area contributed by atoms with Gasteiger partial charge in [0.15, 0.2) is 5.60 Å². The molecule has 2 nitrogen and oxygen atoms in total. The molecule has 2 unspecified atom stereocenters. The summed E-state index contributed by atoms with van der Waals surface area (Å²) in [5.74, 6) is -0.962. The Kier molecular flexibility index (Phi) is 5.33. The topological polar surface area (TPSA) is 37.3 Å². The van der Waals surface area contributed by atoms with E-state index in [2.05, 4.69) is 15.9 Å². The minimum Gasteiger partial charge on any atom is -0.376 e. The van der Waals surface area contributed by atoms with Crippen molar-refractivity contribution in [1.82, 2.24) is 0 Å². The Labute approximate surface area is 142 Å². The van der Waals surface area contributed by atoms with Gasteiger partial charge in [-0.05, 0) is 36.8 Å². The number of hydrogen-bond acceptors (Lipinski definition) is 2. The minimum absolute atomic E-state index is 0.244. The Morgan fingerprint density at radius 2 is 1.74 bits per heavy atom. The van der Waals surface area contributed by atoms with Crippen LogP contribution in [0.2, 0.25) is 0 Å². The van der Waals surface area contributed by atoms with E-state index in [0.717, 1.165) is 5.56 Å². The zero-order chi connectivity index (χ0) is 17.3. The first kappa shape index (κ1) is 18.2. The maximum Gasteiger partial charge on any atom is 0.422 e. The highest BCUT2D eigenvalue weighted by molar-refractivity contribution is 9.10. The summed E-state index contributed by atoms with van der Waals surface area (Å²) >= 11 is 3.09. The molecule has 0 fully saturated rings. The lowest BCUT2D eigenvalue weighted by atomic mass is 9.95. The molecule has 124 valence electrons. The summed E-state index contributed by atoms with van der Waals surface area (Å²) in [4.78, 5) is 0.244. The van der Waals surface area contributed by atoms with Crippen molar-refractivity contribution in [2.24, 2.45) is 0 Å². The first-order valence-electron chi connectivity index (χ1n) is 6.64. The average Bonchev–Trinajstić information content (AvgIpc) is 2.46. The van der Waals surface area contributed by atoms with Crippen LogP contribution >= 0.6 is 15.9 Å². The number of hydrogen-bond donors (Lipinski definition) is 1. The normalized spacial score (nSPS) is 15.9. The van der Waals surface area contributed by atoms with Crippen molar-refractivity contribution in [2.75, 3.05) is 5.75 Å². The van der Waals surface area contributed by atoms with E-state index in [1.165, 1.54) is 30.3 Å². The van der Waals surface area contributed by atoms with Gasteiger partial charge in [-0.1, -0.05) is 45.8 Å². The van der Waals surface area contributed by atoms with Crippen LogP contribution in [0.15, 0.2) is 57.9 Å². The van der Waals surface area contributed by atoms with Crippen molar-refractivity contribution < 1.29 is 22.5 Å². The van der Waals surface area contributed by atoms with Crippen LogP contribution in [0.4, 0.5) is 13.2 Å². The van der Waals surface area contributed by atoms with Crippen LogP contribution in [0.25, 0.3) is 0 Å². The second-order valence-corrected chi connectivity index (χ2v) is 7.54. The smallest absolute Gasteiger partial charge is 0.376 e. The lowest BCUT2D eigenvalue weighted by molar-refractivity contribution is -0.256. The molecule has 0 spiro atoms. The molecule has 0 heterocycles. The van der Waals surface area contributed by atoms with Gasteiger partial charge in [0.2, 0.25) is 0 Å². The Bertz CT molecular complexity index is 716. The number of alkyl halides is 3. The zero-order valence-corrected chi connectivity index (χ0v) is 14.5. The van der Waals surface area contributed by atoms with Crippen molar-refractivity contribution in [1.29, 1.82) is 0 Å². The van der Waals surface area contributed by atoms with Gasteiger partial charge >= 0.3 is 6.18 Å². The third-order valence-electron chi connectivity index (χ3n) is 3.39. The number of halogens is 4. The molecular formula is C16H14BrF3O2S. The number of aliphatic hydroxyl groups is 1. The minimum atomic E-state index is -4.95. The molecule has 2 atom stereocenters. The number of aryl methyl sites for hydroxylation is 1. The molecule has 0 saturated carbocycles. The summed E-state index contributed by atoms with van der Waals surface area (Å²) in [6.45, 7) is 1.82. The summed E-state index contributed by atoms with van der Waals surface area (Å²) in [7, 11) is -2.00. The van der Waals surface area contributed by atoms with Gasteiger partial charge in [0.1, 0.15) is 0 Å². The lowest BCUT2D eigenvalue weighted by Gasteiger charge is -2.30. The summed E-state index contributed by atoms with van der Waals surface area (Å²) in [6.07, 6.45) is -4.95. The lowest BCUT2D eigenvalue weighted by Crippen LogP contribution is -2.46. The molecular weight excluding hydrogens is 393 g/mol. The number of benzene rings is 2. The number of rotatable bonds is 4. The highest BCUT2D eigenvalue weighted by Gasteiger charge is 2.56. The van der Waals surface area contributed by atoms with E-state index in [0.29, 0.717) is 4.47 Å². The van der Waals surface area contributed by atoms with E-state index >= 15 is 0 Å². The summed E-state index contributed by atoms with van der Waals surface area (Å²) in [5, 5.41) is 10.3. The quantitative estimate of drug-likeness (QED) is 0.820. The van der Waals surface area contributed by atoms with Crippen molar-refractivity contribution in [3.8, 4) is 0 Å². The van der Waals surface area contributed by atoms with Gasteiger partial charge < -0.3 is 5.11 Å². The SMILES string of the molecule is Cc1ccc(S(=O)CC(O)(c2cccc(Br)c2)C(F)(F)F)cc1. The second kappa shape index (κ2) is 6.75. The molecule has 1 N–H and O–H groups in total. The predicted octanol–water partition coefficient (Wildman–Crippen LogP) is 4.32. The first-order valence-corrected chi connectivity index (χ1v) is 8.75. The monoisotopic (exact) mass is 406 g/mol. The summed E-state index contributed by atoms with van der Waals surface area (Å²) < 4.78 is 53.1. The standard InChI is InChI=1S/C16H14BrF3O2S/c1-11-5-7-14(8-6-11)23(22)10-15(21,16(18,19)20)12-3-2-4-13(17)9-12/h2-9,21H,10H2,1H3. The molecule has 0 aromatic heterocycles. The van der Waals surface area contributed by atoms with Crippen molar-refractivity contribution >= 4 is 26.7 Å². The molecule has 0 aliphatic rings. The fraction of sp³-hybridized carbons (Fsp3) is 0.250. The van der Waals surface area contributed by atoms with E-state index in [9.17, 15) is 22.5 Å². The van der Waals surface area contributed by atoms with E-state index < -0.39 is 28.3 Å². The van der Waals surface area contributed by atoms with E-state index in [4.69, 9.17) is 0 Å². The molecule has 23 heavy (non-hydrogen) atoms. The third kappa shape index (κ3) is 4.02. The van der Waals surface area contributed by atoms with Gasteiger partial charge in [-0.15, -0.1) is 0 Å². The van der Waals surface area contributed by atoms with Crippen LogP contribution in [0, 0.1) is 6.92 Å². The van der Waals surface area contributed by atoms with E-state index in [1.54, 1.807) is 18.2 Å². The summed E-state index contributed by atoms with van der Waals surface area (Å²) in [5.41, 5.74) is -2.63. The van der Waals surface area contributed by atoms with Crippen LogP contribution in [-0.4, -0.2) is 21.2 Å². The fourth-order valence-electron chi connectivity index (χ4n) is 2.04. The van der Waals surface area contributed by atoms with Gasteiger partial charge in [0.25, 0.3) is 0 Å². The van der Waals surface area contributed by atoms with E-state index in [1.807, 2.05) is 6.92 Å². The van der Waals surface area contributed by atoms with Crippen molar-refractivity contribution in [3.63, 3.8) is 0 Å². The van der Waals surface area contributed by atoms with Gasteiger partial charge in [-0.2, -0.15) is 13.2 Å².